The highest BCUT2D eigenvalue weighted by atomic mass is 19.4. The number of rotatable bonds is 6. The normalized spacial score (nSPS) is 13.0. The summed E-state index contributed by atoms with van der Waals surface area (Å²) in [5, 5.41) is 7.62. The summed E-state index contributed by atoms with van der Waals surface area (Å²) in [5.41, 5.74) is 2.85. The Morgan fingerprint density at radius 2 is 1.90 bits per heavy atom. The van der Waals surface area contributed by atoms with E-state index in [0.717, 1.165) is 17.1 Å². The first kappa shape index (κ1) is 21.8. The molecule has 1 atom stereocenters. The van der Waals surface area contributed by atoms with Crippen molar-refractivity contribution in [2.24, 2.45) is 7.05 Å². The molecule has 1 unspecified atom stereocenters. The molecule has 3 rings (SSSR count). The number of halogens is 3. The number of aromatic nitrogens is 4. The van der Waals surface area contributed by atoms with Gasteiger partial charge >= 0.3 is 6.18 Å². The van der Waals surface area contributed by atoms with E-state index in [4.69, 9.17) is 0 Å². The number of aryl methyl sites for hydroxylation is 2. The lowest BCUT2D eigenvalue weighted by atomic mass is 10.0. The summed E-state index contributed by atoms with van der Waals surface area (Å²) in [6, 6.07) is 6.56. The van der Waals surface area contributed by atoms with Crippen LogP contribution in [0, 0.1) is 13.8 Å². The van der Waals surface area contributed by atoms with Gasteiger partial charge in [-0.3, -0.25) is 9.58 Å². The molecule has 0 aliphatic heterocycles. The number of benzene rings is 1. The van der Waals surface area contributed by atoms with Gasteiger partial charge in [-0.25, -0.2) is 9.97 Å². The minimum atomic E-state index is -4.36. The van der Waals surface area contributed by atoms with E-state index in [9.17, 15) is 13.2 Å². The summed E-state index contributed by atoms with van der Waals surface area (Å²) >= 11 is 0. The third kappa shape index (κ3) is 4.79. The Morgan fingerprint density at radius 3 is 2.50 bits per heavy atom. The Labute approximate surface area is 173 Å². The Bertz CT molecular complexity index is 1030. The van der Waals surface area contributed by atoms with Crippen LogP contribution in [0.4, 0.5) is 24.8 Å². The van der Waals surface area contributed by atoms with Gasteiger partial charge in [-0.15, -0.1) is 0 Å². The third-order valence-corrected chi connectivity index (χ3v) is 4.93. The molecule has 0 radical (unpaired) electrons. The van der Waals surface area contributed by atoms with Crippen molar-refractivity contribution in [2.45, 2.75) is 32.5 Å². The standard InChI is InChI=1S/C21H25F3N6/c1-13-14(2)28-30(5)20(13)27-17-9-10-25-18(26-17)12-15-7-6-8-16(11-15)19(29(3)4)21(22,23)24/h6-11,19H,12H2,1-5H3,(H,25,26,27). The van der Waals surface area contributed by atoms with E-state index >= 15 is 0 Å². The number of anilines is 2. The van der Waals surface area contributed by atoms with Gasteiger partial charge < -0.3 is 5.32 Å². The van der Waals surface area contributed by atoms with Gasteiger partial charge in [-0.1, -0.05) is 24.3 Å². The van der Waals surface area contributed by atoms with Crippen molar-refractivity contribution in [3.63, 3.8) is 0 Å². The first-order valence-electron chi connectivity index (χ1n) is 9.47. The lowest BCUT2D eigenvalue weighted by molar-refractivity contribution is -0.179. The largest absolute Gasteiger partial charge is 0.408 e. The summed E-state index contributed by atoms with van der Waals surface area (Å²) in [5.74, 6) is 1.95. The van der Waals surface area contributed by atoms with Gasteiger partial charge in [0.05, 0.1) is 5.69 Å². The molecular weight excluding hydrogens is 393 g/mol. The first-order chi connectivity index (χ1) is 14.1. The van der Waals surface area contributed by atoms with Crippen molar-refractivity contribution in [3.8, 4) is 0 Å². The topological polar surface area (TPSA) is 58.9 Å². The molecule has 3 aromatic rings. The molecule has 1 N–H and O–H groups in total. The number of hydrogen-bond acceptors (Lipinski definition) is 5. The molecular formula is C21H25F3N6. The monoisotopic (exact) mass is 418 g/mol. The molecule has 160 valence electrons. The van der Waals surface area contributed by atoms with Gasteiger partial charge in [-0.2, -0.15) is 18.3 Å². The highest BCUT2D eigenvalue weighted by Gasteiger charge is 2.42. The van der Waals surface area contributed by atoms with Crippen molar-refractivity contribution in [3.05, 3.63) is 64.7 Å². The average molecular weight is 418 g/mol. The number of nitrogens with one attached hydrogen (secondary N) is 1. The summed E-state index contributed by atoms with van der Waals surface area (Å²) < 4.78 is 42.1. The maximum absolute atomic E-state index is 13.5. The summed E-state index contributed by atoms with van der Waals surface area (Å²) in [6.45, 7) is 3.90. The van der Waals surface area contributed by atoms with Gasteiger partial charge in [0.15, 0.2) is 0 Å². The van der Waals surface area contributed by atoms with Crippen molar-refractivity contribution >= 4 is 11.6 Å². The Balaban J connectivity index is 1.83. The SMILES string of the molecule is Cc1nn(C)c(Nc2ccnc(Cc3cccc(C(N(C)C)C(F)(F)F)c3)n2)c1C. The molecule has 0 aliphatic carbocycles. The summed E-state index contributed by atoms with van der Waals surface area (Å²) in [6.07, 6.45) is -2.41. The van der Waals surface area contributed by atoms with Gasteiger partial charge in [0.1, 0.15) is 23.5 Å². The quantitative estimate of drug-likeness (QED) is 0.646. The molecule has 9 heteroatoms. The van der Waals surface area contributed by atoms with Crippen molar-refractivity contribution in [2.75, 3.05) is 19.4 Å². The Kier molecular flexibility index (Phi) is 6.12. The molecule has 2 aromatic heterocycles. The van der Waals surface area contributed by atoms with Crippen LogP contribution in [0.15, 0.2) is 36.5 Å². The van der Waals surface area contributed by atoms with Crippen LogP contribution in [0.25, 0.3) is 0 Å². The molecule has 0 aliphatic rings. The summed E-state index contributed by atoms with van der Waals surface area (Å²) in [4.78, 5) is 9.96. The maximum Gasteiger partial charge on any atom is 0.408 e. The van der Waals surface area contributed by atoms with Crippen molar-refractivity contribution in [1.29, 1.82) is 0 Å². The van der Waals surface area contributed by atoms with Gasteiger partial charge in [0.2, 0.25) is 0 Å². The minimum absolute atomic E-state index is 0.195. The van der Waals surface area contributed by atoms with E-state index in [1.807, 2.05) is 20.9 Å². The molecule has 0 amide bonds. The van der Waals surface area contributed by atoms with Gasteiger partial charge in [0.25, 0.3) is 0 Å². The third-order valence-electron chi connectivity index (χ3n) is 4.93. The number of nitrogens with zero attached hydrogens (tertiary/aromatic N) is 5. The van der Waals surface area contributed by atoms with Crippen LogP contribution in [0.5, 0.6) is 0 Å². The van der Waals surface area contributed by atoms with E-state index in [0.29, 0.717) is 23.6 Å². The zero-order valence-corrected chi connectivity index (χ0v) is 17.6. The van der Waals surface area contributed by atoms with Crippen molar-refractivity contribution < 1.29 is 13.2 Å². The minimum Gasteiger partial charge on any atom is -0.325 e. The van der Waals surface area contributed by atoms with E-state index in [1.54, 1.807) is 35.1 Å². The molecule has 0 fully saturated rings. The highest BCUT2D eigenvalue weighted by Crippen LogP contribution is 2.36. The van der Waals surface area contributed by atoms with Crippen LogP contribution in [0.2, 0.25) is 0 Å². The van der Waals surface area contributed by atoms with Gasteiger partial charge in [-0.05, 0) is 45.1 Å². The fraction of sp³-hybridized carbons (Fsp3) is 0.381. The second-order valence-corrected chi connectivity index (χ2v) is 7.50. The number of alkyl halides is 3. The van der Waals surface area contributed by atoms with E-state index in [-0.39, 0.29) is 5.56 Å². The van der Waals surface area contributed by atoms with E-state index < -0.39 is 12.2 Å². The average Bonchev–Trinajstić information content (AvgIpc) is 2.87. The lowest BCUT2D eigenvalue weighted by Gasteiger charge is -2.27. The second kappa shape index (κ2) is 8.43. The smallest absolute Gasteiger partial charge is 0.325 e. The van der Waals surface area contributed by atoms with Crippen LogP contribution in [0.3, 0.4) is 0 Å². The molecule has 1 aromatic carbocycles. The highest BCUT2D eigenvalue weighted by molar-refractivity contribution is 5.57. The van der Waals surface area contributed by atoms with Crippen LogP contribution < -0.4 is 5.32 Å². The van der Waals surface area contributed by atoms with Crippen molar-refractivity contribution in [1.82, 2.24) is 24.6 Å². The zero-order valence-electron chi connectivity index (χ0n) is 17.6. The molecule has 0 bridgehead atoms. The molecule has 6 nitrogen and oxygen atoms in total. The predicted molar refractivity (Wildman–Crippen MR) is 110 cm³/mol. The molecule has 0 spiro atoms. The zero-order chi connectivity index (χ0) is 22.1. The second-order valence-electron chi connectivity index (χ2n) is 7.50. The Morgan fingerprint density at radius 1 is 1.17 bits per heavy atom. The first-order valence-corrected chi connectivity index (χ1v) is 9.47. The van der Waals surface area contributed by atoms with Crippen LogP contribution in [0.1, 0.15) is 34.3 Å². The molecule has 2 heterocycles. The molecule has 0 saturated carbocycles. The predicted octanol–water partition coefficient (Wildman–Crippen LogP) is 4.33. The fourth-order valence-electron chi connectivity index (χ4n) is 3.45. The van der Waals surface area contributed by atoms with Crippen LogP contribution in [-0.2, 0) is 13.5 Å². The van der Waals surface area contributed by atoms with Crippen LogP contribution >= 0.6 is 0 Å². The maximum atomic E-state index is 13.5. The fourth-order valence-corrected chi connectivity index (χ4v) is 3.45. The van der Waals surface area contributed by atoms with E-state index in [2.05, 4.69) is 20.4 Å². The van der Waals surface area contributed by atoms with Crippen LogP contribution in [-0.4, -0.2) is 44.9 Å². The lowest BCUT2D eigenvalue weighted by Crippen LogP contribution is -2.33. The van der Waals surface area contributed by atoms with E-state index in [1.165, 1.54) is 25.1 Å². The number of hydrogen-bond donors (Lipinski definition) is 1. The Hall–Kier alpha value is -2.94. The molecule has 30 heavy (non-hydrogen) atoms. The molecule has 0 saturated heterocycles. The summed E-state index contributed by atoms with van der Waals surface area (Å²) in [7, 11) is 4.69. The van der Waals surface area contributed by atoms with Gasteiger partial charge in [0, 0.05) is 25.2 Å².